The summed E-state index contributed by atoms with van der Waals surface area (Å²) in [4.78, 5) is 2.45. The number of nitrogens with zero attached hydrogens (tertiary/aromatic N) is 1. The average molecular weight is 268 g/mol. The molecule has 1 aliphatic heterocycles. The van der Waals surface area contributed by atoms with Gasteiger partial charge in [0.1, 0.15) is 11.6 Å². The minimum atomic E-state index is -0.526. The lowest BCUT2D eigenvalue weighted by Gasteiger charge is -2.25. The Bertz CT molecular complexity index is 423. The zero-order valence-corrected chi connectivity index (χ0v) is 11.6. The highest BCUT2D eigenvalue weighted by Crippen LogP contribution is 2.20. The summed E-state index contributed by atoms with van der Waals surface area (Å²) >= 11 is 0. The molecule has 2 nitrogen and oxygen atoms in total. The molecule has 1 saturated heterocycles. The molecule has 2 atom stereocenters. The van der Waals surface area contributed by atoms with Crippen LogP contribution < -0.4 is 5.32 Å². The molecule has 1 fully saturated rings. The Morgan fingerprint density at radius 2 is 2.21 bits per heavy atom. The van der Waals surface area contributed by atoms with Crippen molar-refractivity contribution in [3.8, 4) is 0 Å². The maximum Gasteiger partial charge on any atom is 0.130 e. The van der Waals surface area contributed by atoms with Crippen LogP contribution in [0.4, 0.5) is 8.78 Å². The highest BCUT2D eigenvalue weighted by Gasteiger charge is 2.23. The topological polar surface area (TPSA) is 15.3 Å². The van der Waals surface area contributed by atoms with Gasteiger partial charge in [0.15, 0.2) is 0 Å². The first-order valence-corrected chi connectivity index (χ1v) is 7.04. The van der Waals surface area contributed by atoms with E-state index in [0.717, 1.165) is 25.7 Å². The molecule has 2 unspecified atom stereocenters. The molecule has 0 aromatic heterocycles. The standard InChI is InChI=1S/C15H22F2N2/c1-3-19-8-4-5-13(19)10-18-11(2)14-7-6-12(16)9-15(14)17/h6-7,9,11,13,18H,3-5,8,10H2,1-2H3. The summed E-state index contributed by atoms with van der Waals surface area (Å²) in [6, 6.07) is 4.22. The SMILES string of the molecule is CCN1CCCC1CNC(C)c1ccc(F)cc1F. The summed E-state index contributed by atoms with van der Waals surface area (Å²) in [7, 11) is 0. The van der Waals surface area contributed by atoms with E-state index in [1.807, 2.05) is 6.92 Å². The Hall–Kier alpha value is -1.00. The molecular weight excluding hydrogens is 246 g/mol. The molecule has 0 radical (unpaired) electrons. The summed E-state index contributed by atoms with van der Waals surface area (Å²) in [6.07, 6.45) is 2.43. The van der Waals surface area contributed by atoms with Crippen molar-refractivity contribution in [1.82, 2.24) is 10.2 Å². The van der Waals surface area contributed by atoms with Gasteiger partial charge in [-0.3, -0.25) is 4.90 Å². The normalized spacial score (nSPS) is 21.8. The predicted octanol–water partition coefficient (Wildman–Crippen LogP) is 3.10. The van der Waals surface area contributed by atoms with Gasteiger partial charge in [-0.25, -0.2) is 8.78 Å². The molecule has 0 bridgehead atoms. The van der Waals surface area contributed by atoms with Crippen molar-refractivity contribution in [3.05, 3.63) is 35.4 Å². The number of likely N-dealkylation sites (N-methyl/N-ethyl adjacent to an activating group) is 1. The summed E-state index contributed by atoms with van der Waals surface area (Å²) in [6.45, 7) is 7.16. The van der Waals surface area contributed by atoms with Gasteiger partial charge >= 0.3 is 0 Å². The molecule has 0 saturated carbocycles. The second-order valence-corrected chi connectivity index (χ2v) is 5.22. The summed E-state index contributed by atoms with van der Waals surface area (Å²) < 4.78 is 26.5. The van der Waals surface area contributed by atoms with E-state index in [9.17, 15) is 8.78 Å². The third kappa shape index (κ3) is 3.51. The van der Waals surface area contributed by atoms with Gasteiger partial charge in [-0.15, -0.1) is 0 Å². The van der Waals surface area contributed by atoms with Gasteiger partial charge in [0.2, 0.25) is 0 Å². The smallest absolute Gasteiger partial charge is 0.130 e. The third-order valence-electron chi connectivity index (χ3n) is 3.99. The van der Waals surface area contributed by atoms with E-state index in [4.69, 9.17) is 0 Å². The monoisotopic (exact) mass is 268 g/mol. The van der Waals surface area contributed by atoms with E-state index in [2.05, 4.69) is 17.1 Å². The minimum Gasteiger partial charge on any atom is -0.309 e. The number of benzene rings is 1. The fraction of sp³-hybridized carbons (Fsp3) is 0.600. The van der Waals surface area contributed by atoms with Crippen LogP contribution in [0.5, 0.6) is 0 Å². The molecule has 0 aliphatic carbocycles. The van der Waals surface area contributed by atoms with Crippen molar-refractivity contribution in [1.29, 1.82) is 0 Å². The highest BCUT2D eigenvalue weighted by atomic mass is 19.1. The molecule has 106 valence electrons. The predicted molar refractivity (Wildman–Crippen MR) is 73.0 cm³/mol. The first-order chi connectivity index (χ1) is 9.11. The molecule has 4 heteroatoms. The van der Waals surface area contributed by atoms with Gasteiger partial charge in [-0.05, 0) is 38.9 Å². The Morgan fingerprint density at radius 3 is 2.89 bits per heavy atom. The number of hydrogen-bond donors (Lipinski definition) is 1. The van der Waals surface area contributed by atoms with E-state index >= 15 is 0 Å². The maximum absolute atomic E-state index is 13.7. The fourth-order valence-corrected chi connectivity index (χ4v) is 2.82. The molecule has 19 heavy (non-hydrogen) atoms. The second-order valence-electron chi connectivity index (χ2n) is 5.22. The lowest BCUT2D eigenvalue weighted by atomic mass is 10.1. The van der Waals surface area contributed by atoms with Crippen LogP contribution in [0, 0.1) is 11.6 Å². The minimum absolute atomic E-state index is 0.0973. The largest absolute Gasteiger partial charge is 0.309 e. The molecular formula is C15H22F2N2. The van der Waals surface area contributed by atoms with Crippen molar-refractivity contribution in [3.63, 3.8) is 0 Å². The first kappa shape index (κ1) is 14.4. The van der Waals surface area contributed by atoms with Gasteiger partial charge in [-0.1, -0.05) is 13.0 Å². The van der Waals surface area contributed by atoms with Crippen molar-refractivity contribution >= 4 is 0 Å². The third-order valence-corrected chi connectivity index (χ3v) is 3.99. The Labute approximate surface area is 113 Å². The van der Waals surface area contributed by atoms with Crippen LogP contribution in [0.15, 0.2) is 18.2 Å². The number of likely N-dealkylation sites (tertiary alicyclic amines) is 1. The lowest BCUT2D eigenvalue weighted by molar-refractivity contribution is 0.255. The Kier molecular flexibility index (Phi) is 4.88. The van der Waals surface area contributed by atoms with Crippen LogP contribution in [0.3, 0.4) is 0 Å². The molecule has 1 heterocycles. The molecule has 1 aromatic rings. The van der Waals surface area contributed by atoms with Crippen molar-refractivity contribution in [2.24, 2.45) is 0 Å². The van der Waals surface area contributed by atoms with Crippen molar-refractivity contribution < 1.29 is 8.78 Å². The van der Waals surface area contributed by atoms with Crippen LogP contribution >= 0.6 is 0 Å². The van der Waals surface area contributed by atoms with E-state index in [1.165, 1.54) is 25.0 Å². The first-order valence-electron chi connectivity index (χ1n) is 7.04. The zero-order chi connectivity index (χ0) is 13.8. The summed E-state index contributed by atoms with van der Waals surface area (Å²) in [5.74, 6) is -1.000. The van der Waals surface area contributed by atoms with E-state index in [0.29, 0.717) is 11.6 Å². The van der Waals surface area contributed by atoms with Crippen molar-refractivity contribution in [2.45, 2.75) is 38.8 Å². The van der Waals surface area contributed by atoms with Gasteiger partial charge in [-0.2, -0.15) is 0 Å². The summed E-state index contributed by atoms with van der Waals surface area (Å²) in [5, 5.41) is 3.36. The fourth-order valence-electron chi connectivity index (χ4n) is 2.82. The van der Waals surface area contributed by atoms with Gasteiger partial charge in [0.25, 0.3) is 0 Å². The molecule has 0 amide bonds. The van der Waals surface area contributed by atoms with Crippen LogP contribution in [0.25, 0.3) is 0 Å². The van der Waals surface area contributed by atoms with E-state index in [-0.39, 0.29) is 6.04 Å². The van der Waals surface area contributed by atoms with Gasteiger partial charge < -0.3 is 5.32 Å². The molecule has 1 N–H and O–H groups in total. The molecule has 1 aromatic carbocycles. The van der Waals surface area contributed by atoms with Crippen LogP contribution in [-0.2, 0) is 0 Å². The number of rotatable bonds is 5. The molecule has 0 spiro atoms. The van der Waals surface area contributed by atoms with E-state index in [1.54, 1.807) is 0 Å². The van der Waals surface area contributed by atoms with Crippen LogP contribution in [0.2, 0.25) is 0 Å². The van der Waals surface area contributed by atoms with E-state index < -0.39 is 11.6 Å². The number of hydrogen-bond acceptors (Lipinski definition) is 2. The van der Waals surface area contributed by atoms with Crippen LogP contribution in [0.1, 0.15) is 38.3 Å². The average Bonchev–Trinajstić information content (AvgIpc) is 2.83. The molecule has 2 rings (SSSR count). The Morgan fingerprint density at radius 1 is 1.42 bits per heavy atom. The number of nitrogens with one attached hydrogen (secondary N) is 1. The Balaban J connectivity index is 1.92. The van der Waals surface area contributed by atoms with Crippen LogP contribution in [-0.4, -0.2) is 30.6 Å². The summed E-state index contributed by atoms with van der Waals surface area (Å²) in [5.41, 5.74) is 0.530. The quantitative estimate of drug-likeness (QED) is 0.882. The zero-order valence-electron chi connectivity index (χ0n) is 11.6. The highest BCUT2D eigenvalue weighted by molar-refractivity contribution is 5.21. The second kappa shape index (κ2) is 6.44. The van der Waals surface area contributed by atoms with Crippen molar-refractivity contribution in [2.75, 3.05) is 19.6 Å². The lowest BCUT2D eigenvalue weighted by Crippen LogP contribution is -2.38. The number of halogens is 2. The maximum atomic E-state index is 13.7. The van der Waals surface area contributed by atoms with Gasteiger partial charge in [0, 0.05) is 30.3 Å². The molecule has 1 aliphatic rings. The van der Waals surface area contributed by atoms with Gasteiger partial charge in [0.05, 0.1) is 0 Å².